The van der Waals surface area contributed by atoms with Crippen LogP contribution >= 0.6 is 0 Å². The molecule has 0 radical (unpaired) electrons. The number of hydrogen-bond donors (Lipinski definition) is 2. The number of carboxylic acid groups (broad SMARTS) is 1. The van der Waals surface area contributed by atoms with Crippen molar-refractivity contribution in [3.63, 3.8) is 0 Å². The Kier molecular flexibility index (Phi) is 4.39. The van der Waals surface area contributed by atoms with Crippen LogP contribution in [0.4, 0.5) is 4.39 Å². The Balaban J connectivity index is 2.00. The fourth-order valence-electron chi connectivity index (χ4n) is 2.36. The summed E-state index contributed by atoms with van der Waals surface area (Å²) in [5, 5.41) is 8.89. The van der Waals surface area contributed by atoms with Crippen LogP contribution in [0.3, 0.4) is 0 Å². The molecule has 0 atom stereocenters. The molecule has 1 aromatic rings. The van der Waals surface area contributed by atoms with Crippen molar-refractivity contribution in [1.82, 2.24) is 4.72 Å². The zero-order chi connectivity index (χ0) is 14.8. The quantitative estimate of drug-likeness (QED) is 0.887. The SMILES string of the molecule is O=C(O)C1CCC(NS(=O)(=O)c2ccc(F)cc2)CC1. The van der Waals surface area contributed by atoms with Crippen molar-refractivity contribution in [2.45, 2.75) is 36.6 Å². The standard InChI is InChI=1S/C13H16FNO4S/c14-10-3-7-12(8-4-10)20(18,19)15-11-5-1-9(2-6-11)13(16)17/h3-4,7-9,11,15H,1-2,5-6H2,(H,16,17). The highest BCUT2D eigenvalue weighted by atomic mass is 32.2. The molecule has 0 spiro atoms. The number of nitrogens with one attached hydrogen (secondary N) is 1. The van der Waals surface area contributed by atoms with E-state index in [1.165, 1.54) is 12.1 Å². The third-order valence-electron chi connectivity index (χ3n) is 3.52. The maximum atomic E-state index is 12.8. The van der Waals surface area contributed by atoms with Crippen LogP contribution in [0.1, 0.15) is 25.7 Å². The Morgan fingerprint density at radius 1 is 1.15 bits per heavy atom. The van der Waals surface area contributed by atoms with Gasteiger partial charge in [0.05, 0.1) is 10.8 Å². The van der Waals surface area contributed by atoms with Gasteiger partial charge in [-0.1, -0.05) is 0 Å². The summed E-state index contributed by atoms with van der Waals surface area (Å²) < 4.78 is 39.5. The predicted octanol–water partition coefficient (Wildman–Crippen LogP) is 1.75. The van der Waals surface area contributed by atoms with Gasteiger partial charge in [0.2, 0.25) is 10.0 Å². The van der Waals surface area contributed by atoms with E-state index < -0.39 is 21.8 Å². The lowest BCUT2D eigenvalue weighted by atomic mass is 9.87. The monoisotopic (exact) mass is 301 g/mol. The molecule has 0 heterocycles. The highest BCUT2D eigenvalue weighted by Crippen LogP contribution is 2.25. The molecule has 1 aliphatic rings. The van der Waals surface area contributed by atoms with Crippen LogP contribution in [-0.2, 0) is 14.8 Å². The molecule has 0 aromatic heterocycles. The smallest absolute Gasteiger partial charge is 0.306 e. The van der Waals surface area contributed by atoms with E-state index >= 15 is 0 Å². The number of halogens is 1. The Labute approximate surface area is 116 Å². The number of hydrogen-bond acceptors (Lipinski definition) is 3. The number of sulfonamides is 1. The molecule has 5 nitrogen and oxygen atoms in total. The number of carbonyl (C=O) groups is 1. The molecule has 20 heavy (non-hydrogen) atoms. The maximum absolute atomic E-state index is 12.8. The molecule has 1 saturated carbocycles. The topological polar surface area (TPSA) is 83.5 Å². The van der Waals surface area contributed by atoms with Gasteiger partial charge in [-0.25, -0.2) is 17.5 Å². The van der Waals surface area contributed by atoms with Crippen LogP contribution < -0.4 is 4.72 Å². The molecule has 0 unspecified atom stereocenters. The van der Waals surface area contributed by atoms with Gasteiger partial charge in [-0.3, -0.25) is 4.79 Å². The van der Waals surface area contributed by atoms with Crippen LogP contribution in [0.2, 0.25) is 0 Å². The third-order valence-corrected chi connectivity index (χ3v) is 5.06. The van der Waals surface area contributed by atoms with E-state index in [0.717, 1.165) is 12.1 Å². The lowest BCUT2D eigenvalue weighted by Gasteiger charge is -2.26. The minimum Gasteiger partial charge on any atom is -0.481 e. The van der Waals surface area contributed by atoms with Gasteiger partial charge in [0.25, 0.3) is 0 Å². The third kappa shape index (κ3) is 3.55. The minimum atomic E-state index is -3.68. The second-order valence-corrected chi connectivity index (χ2v) is 6.68. The average molecular weight is 301 g/mol. The first kappa shape index (κ1) is 14.9. The molecule has 0 amide bonds. The van der Waals surface area contributed by atoms with Gasteiger partial charge in [-0.05, 0) is 49.9 Å². The van der Waals surface area contributed by atoms with E-state index in [4.69, 9.17) is 5.11 Å². The first-order valence-corrected chi connectivity index (χ1v) is 7.87. The van der Waals surface area contributed by atoms with Crippen LogP contribution in [-0.4, -0.2) is 25.5 Å². The fraction of sp³-hybridized carbons (Fsp3) is 0.462. The summed E-state index contributed by atoms with van der Waals surface area (Å²) in [6, 6.07) is 4.34. The van der Waals surface area contributed by atoms with Gasteiger partial charge in [0, 0.05) is 6.04 Å². The Hall–Kier alpha value is -1.47. The van der Waals surface area contributed by atoms with Crippen LogP contribution in [0, 0.1) is 11.7 Å². The zero-order valence-corrected chi connectivity index (χ0v) is 11.6. The molecule has 2 rings (SSSR count). The second kappa shape index (κ2) is 5.88. The molecule has 0 aliphatic heterocycles. The van der Waals surface area contributed by atoms with Crippen LogP contribution in [0.5, 0.6) is 0 Å². The van der Waals surface area contributed by atoms with Gasteiger partial charge in [0.1, 0.15) is 5.82 Å². The summed E-state index contributed by atoms with van der Waals surface area (Å²) in [7, 11) is -3.68. The van der Waals surface area contributed by atoms with Crippen molar-refractivity contribution < 1.29 is 22.7 Å². The molecule has 0 saturated heterocycles. The van der Waals surface area contributed by atoms with E-state index in [9.17, 15) is 17.6 Å². The number of aliphatic carboxylic acids is 1. The van der Waals surface area contributed by atoms with E-state index in [2.05, 4.69) is 4.72 Å². The maximum Gasteiger partial charge on any atom is 0.306 e. The highest BCUT2D eigenvalue weighted by molar-refractivity contribution is 7.89. The Morgan fingerprint density at radius 2 is 1.70 bits per heavy atom. The van der Waals surface area contributed by atoms with Crippen molar-refractivity contribution in [3.05, 3.63) is 30.1 Å². The van der Waals surface area contributed by atoms with Crippen molar-refractivity contribution in [3.8, 4) is 0 Å². The van der Waals surface area contributed by atoms with Crippen LogP contribution in [0.15, 0.2) is 29.2 Å². The molecular formula is C13H16FNO4S. The van der Waals surface area contributed by atoms with E-state index in [-0.39, 0.29) is 16.9 Å². The lowest BCUT2D eigenvalue weighted by molar-refractivity contribution is -0.142. The molecule has 7 heteroatoms. The first-order valence-electron chi connectivity index (χ1n) is 6.39. The average Bonchev–Trinajstić information content (AvgIpc) is 2.39. The second-order valence-electron chi connectivity index (χ2n) is 4.96. The van der Waals surface area contributed by atoms with Crippen molar-refractivity contribution >= 4 is 16.0 Å². The molecule has 2 N–H and O–H groups in total. The first-order chi connectivity index (χ1) is 9.38. The van der Waals surface area contributed by atoms with E-state index in [1.54, 1.807) is 0 Å². The van der Waals surface area contributed by atoms with Gasteiger partial charge < -0.3 is 5.11 Å². The number of benzene rings is 1. The molecule has 1 fully saturated rings. The van der Waals surface area contributed by atoms with E-state index in [1.807, 2.05) is 0 Å². The number of rotatable bonds is 4. The summed E-state index contributed by atoms with van der Waals surface area (Å²) >= 11 is 0. The van der Waals surface area contributed by atoms with E-state index in [0.29, 0.717) is 25.7 Å². The predicted molar refractivity (Wildman–Crippen MR) is 70.1 cm³/mol. The van der Waals surface area contributed by atoms with Gasteiger partial charge in [0.15, 0.2) is 0 Å². The van der Waals surface area contributed by atoms with Crippen molar-refractivity contribution in [1.29, 1.82) is 0 Å². The summed E-state index contributed by atoms with van der Waals surface area (Å²) in [4.78, 5) is 10.8. The fourth-order valence-corrected chi connectivity index (χ4v) is 3.66. The Bertz CT molecular complexity index is 577. The summed E-state index contributed by atoms with van der Waals surface area (Å²) in [6.07, 6.45) is 1.92. The van der Waals surface area contributed by atoms with Crippen molar-refractivity contribution in [2.24, 2.45) is 5.92 Å². The molecule has 0 bridgehead atoms. The largest absolute Gasteiger partial charge is 0.481 e. The molecule has 1 aromatic carbocycles. The molecule has 110 valence electrons. The summed E-state index contributed by atoms with van der Waals surface area (Å²) in [5.41, 5.74) is 0. The molecular weight excluding hydrogens is 285 g/mol. The van der Waals surface area contributed by atoms with Crippen molar-refractivity contribution in [2.75, 3.05) is 0 Å². The molecule has 1 aliphatic carbocycles. The van der Waals surface area contributed by atoms with Crippen LogP contribution in [0.25, 0.3) is 0 Å². The zero-order valence-electron chi connectivity index (χ0n) is 10.8. The van der Waals surface area contributed by atoms with Gasteiger partial charge >= 0.3 is 5.97 Å². The minimum absolute atomic E-state index is 0.0132. The summed E-state index contributed by atoms with van der Waals surface area (Å²) in [5.74, 6) is -1.71. The normalized spacial score (nSPS) is 23.4. The number of carboxylic acids is 1. The summed E-state index contributed by atoms with van der Waals surface area (Å²) in [6.45, 7) is 0. The highest BCUT2D eigenvalue weighted by Gasteiger charge is 2.28. The van der Waals surface area contributed by atoms with Gasteiger partial charge in [-0.2, -0.15) is 0 Å². The van der Waals surface area contributed by atoms with Gasteiger partial charge in [-0.15, -0.1) is 0 Å². The Morgan fingerprint density at radius 3 is 2.20 bits per heavy atom. The lowest BCUT2D eigenvalue weighted by Crippen LogP contribution is -2.38.